The van der Waals surface area contributed by atoms with Gasteiger partial charge in [-0.1, -0.05) is 0 Å². The van der Waals surface area contributed by atoms with E-state index in [1.807, 2.05) is 4.68 Å². The summed E-state index contributed by atoms with van der Waals surface area (Å²) in [6.45, 7) is 0.945. The van der Waals surface area contributed by atoms with E-state index in [4.69, 9.17) is 4.18 Å². The monoisotopic (exact) mass is 230 g/mol. The topological polar surface area (TPSA) is 61.2 Å². The zero-order valence-electron chi connectivity index (χ0n) is 8.59. The van der Waals surface area contributed by atoms with Crippen LogP contribution < -0.4 is 0 Å². The minimum absolute atomic E-state index is 0.0750. The summed E-state index contributed by atoms with van der Waals surface area (Å²) < 4.78 is 28.2. The maximum atomic E-state index is 10.8. The molecule has 84 valence electrons. The molecule has 0 radical (unpaired) electrons. The van der Waals surface area contributed by atoms with E-state index in [0.29, 0.717) is 5.92 Å². The molecule has 2 rings (SSSR count). The fourth-order valence-corrected chi connectivity index (χ4v) is 1.69. The Morgan fingerprint density at radius 2 is 2.33 bits per heavy atom. The zero-order valence-corrected chi connectivity index (χ0v) is 9.40. The first-order chi connectivity index (χ1) is 7.04. The second-order valence-electron chi connectivity index (χ2n) is 3.91. The predicted molar refractivity (Wildman–Crippen MR) is 54.6 cm³/mol. The lowest BCUT2D eigenvalue weighted by Gasteiger charge is -2.05. The van der Waals surface area contributed by atoms with E-state index in [1.165, 1.54) is 12.8 Å². The molecule has 0 unspecified atom stereocenters. The van der Waals surface area contributed by atoms with Crippen LogP contribution in [0.25, 0.3) is 0 Å². The van der Waals surface area contributed by atoms with Gasteiger partial charge in [0.25, 0.3) is 10.1 Å². The highest BCUT2D eigenvalue weighted by atomic mass is 32.2. The van der Waals surface area contributed by atoms with Gasteiger partial charge in [0.2, 0.25) is 0 Å². The Bertz CT molecular complexity index is 434. The first-order valence-corrected chi connectivity index (χ1v) is 6.71. The van der Waals surface area contributed by atoms with Crippen LogP contribution in [0.3, 0.4) is 0 Å². The lowest BCUT2D eigenvalue weighted by atomic mass is 10.4. The molecule has 1 aromatic rings. The van der Waals surface area contributed by atoms with Gasteiger partial charge >= 0.3 is 0 Å². The molecule has 0 N–H and O–H groups in total. The van der Waals surface area contributed by atoms with Gasteiger partial charge in [-0.3, -0.25) is 8.86 Å². The summed E-state index contributed by atoms with van der Waals surface area (Å²) in [7, 11) is -3.37. The molecule has 0 spiro atoms. The van der Waals surface area contributed by atoms with Crippen LogP contribution in [-0.2, 0) is 27.5 Å². The van der Waals surface area contributed by atoms with Crippen molar-refractivity contribution in [3.63, 3.8) is 0 Å². The van der Waals surface area contributed by atoms with Crippen molar-refractivity contribution in [3.8, 4) is 0 Å². The van der Waals surface area contributed by atoms with Crippen LogP contribution in [0.2, 0.25) is 0 Å². The van der Waals surface area contributed by atoms with Gasteiger partial charge in [0.15, 0.2) is 0 Å². The second-order valence-corrected chi connectivity index (χ2v) is 5.56. The Morgan fingerprint density at radius 3 is 2.93 bits per heavy atom. The first kappa shape index (κ1) is 10.6. The largest absolute Gasteiger partial charge is 0.267 e. The molecule has 0 aromatic carbocycles. The predicted octanol–water partition coefficient (Wildman–Crippen LogP) is 0.769. The van der Waals surface area contributed by atoms with E-state index >= 15 is 0 Å². The number of aromatic nitrogens is 2. The Hall–Kier alpha value is -0.880. The molecule has 15 heavy (non-hydrogen) atoms. The molecule has 0 atom stereocenters. The summed E-state index contributed by atoms with van der Waals surface area (Å²) in [6, 6.07) is 1.79. The maximum Gasteiger partial charge on any atom is 0.264 e. The average molecular weight is 230 g/mol. The van der Waals surface area contributed by atoms with Gasteiger partial charge in [0.1, 0.15) is 6.61 Å². The van der Waals surface area contributed by atoms with Crippen molar-refractivity contribution >= 4 is 10.1 Å². The van der Waals surface area contributed by atoms with Crippen LogP contribution in [-0.4, -0.2) is 24.5 Å². The molecule has 0 bridgehead atoms. The minimum atomic E-state index is -3.37. The highest BCUT2D eigenvalue weighted by molar-refractivity contribution is 7.85. The summed E-state index contributed by atoms with van der Waals surface area (Å²) in [5.41, 5.74) is 0.812. The van der Waals surface area contributed by atoms with Crippen molar-refractivity contribution in [1.29, 1.82) is 0 Å². The highest BCUT2D eigenvalue weighted by Crippen LogP contribution is 2.30. The summed E-state index contributed by atoms with van der Waals surface area (Å²) in [5, 5.41) is 4.14. The Balaban J connectivity index is 1.97. The van der Waals surface area contributed by atoms with E-state index in [9.17, 15) is 8.42 Å². The van der Waals surface area contributed by atoms with Gasteiger partial charge in [-0.05, 0) is 24.8 Å². The molecule has 1 heterocycles. The van der Waals surface area contributed by atoms with E-state index in [1.54, 1.807) is 12.3 Å². The lowest BCUT2D eigenvalue weighted by molar-refractivity contribution is 0.296. The van der Waals surface area contributed by atoms with E-state index in [-0.39, 0.29) is 6.61 Å². The summed E-state index contributed by atoms with van der Waals surface area (Å²) in [5.74, 6) is 0.710. The van der Waals surface area contributed by atoms with E-state index in [2.05, 4.69) is 5.10 Å². The van der Waals surface area contributed by atoms with Gasteiger partial charge in [-0.15, -0.1) is 0 Å². The molecule has 5 nitrogen and oxygen atoms in total. The van der Waals surface area contributed by atoms with Gasteiger partial charge < -0.3 is 0 Å². The molecule has 1 aromatic heterocycles. The smallest absolute Gasteiger partial charge is 0.264 e. The molecule has 1 fully saturated rings. The fraction of sp³-hybridized carbons (Fsp3) is 0.667. The van der Waals surface area contributed by atoms with Gasteiger partial charge in [-0.2, -0.15) is 13.5 Å². The van der Waals surface area contributed by atoms with Gasteiger partial charge in [0.05, 0.1) is 11.9 Å². The van der Waals surface area contributed by atoms with Crippen molar-refractivity contribution in [2.45, 2.75) is 26.0 Å². The van der Waals surface area contributed by atoms with Crippen LogP contribution in [0.5, 0.6) is 0 Å². The van der Waals surface area contributed by atoms with Gasteiger partial charge in [-0.25, -0.2) is 0 Å². The third-order valence-corrected chi connectivity index (χ3v) is 2.90. The molecule has 6 heteroatoms. The maximum absolute atomic E-state index is 10.8. The molecule has 0 amide bonds. The van der Waals surface area contributed by atoms with Crippen LogP contribution in [0.4, 0.5) is 0 Å². The second kappa shape index (κ2) is 3.94. The van der Waals surface area contributed by atoms with Crippen LogP contribution in [0.15, 0.2) is 12.3 Å². The molecule has 0 saturated heterocycles. The van der Waals surface area contributed by atoms with Crippen LogP contribution in [0.1, 0.15) is 18.5 Å². The quantitative estimate of drug-likeness (QED) is 0.701. The standard InChI is InChI=1S/C9H14N2O3S/c1-15(12,13)14-7-9-4-5-10-11(9)6-8-2-3-8/h4-5,8H,2-3,6-7H2,1H3. The lowest BCUT2D eigenvalue weighted by Crippen LogP contribution is -2.10. The van der Waals surface area contributed by atoms with E-state index in [0.717, 1.165) is 18.5 Å². The SMILES string of the molecule is CS(=O)(=O)OCc1ccnn1CC1CC1. The van der Waals surface area contributed by atoms with E-state index < -0.39 is 10.1 Å². The molecule has 1 saturated carbocycles. The number of hydrogen-bond acceptors (Lipinski definition) is 4. The first-order valence-electron chi connectivity index (χ1n) is 4.90. The number of nitrogens with zero attached hydrogens (tertiary/aromatic N) is 2. The summed E-state index contributed by atoms with van der Waals surface area (Å²) >= 11 is 0. The average Bonchev–Trinajstić information content (AvgIpc) is 2.80. The Kier molecular flexibility index (Phi) is 2.79. The Labute approximate surface area is 89.2 Å². The normalized spacial score (nSPS) is 16.9. The number of hydrogen-bond donors (Lipinski definition) is 0. The fourth-order valence-electron chi connectivity index (χ4n) is 1.36. The molecular formula is C9H14N2O3S. The summed E-state index contributed by atoms with van der Waals surface area (Å²) in [4.78, 5) is 0. The van der Waals surface area contributed by atoms with Crippen LogP contribution >= 0.6 is 0 Å². The Morgan fingerprint density at radius 1 is 1.60 bits per heavy atom. The van der Waals surface area contributed by atoms with Crippen molar-refractivity contribution in [1.82, 2.24) is 9.78 Å². The molecule has 1 aliphatic rings. The molecular weight excluding hydrogens is 216 g/mol. The molecule has 0 aliphatic heterocycles. The van der Waals surface area contributed by atoms with Crippen LogP contribution in [0, 0.1) is 5.92 Å². The van der Waals surface area contributed by atoms with Crippen molar-refractivity contribution < 1.29 is 12.6 Å². The highest BCUT2D eigenvalue weighted by Gasteiger charge is 2.23. The van der Waals surface area contributed by atoms with Crippen molar-refractivity contribution in [3.05, 3.63) is 18.0 Å². The summed E-state index contributed by atoms with van der Waals surface area (Å²) in [6.07, 6.45) is 5.20. The zero-order chi connectivity index (χ0) is 10.9. The number of rotatable bonds is 5. The van der Waals surface area contributed by atoms with Crippen molar-refractivity contribution in [2.24, 2.45) is 5.92 Å². The third kappa shape index (κ3) is 3.32. The molecule has 1 aliphatic carbocycles. The van der Waals surface area contributed by atoms with Crippen molar-refractivity contribution in [2.75, 3.05) is 6.26 Å². The minimum Gasteiger partial charge on any atom is -0.267 e. The third-order valence-electron chi connectivity index (χ3n) is 2.35. The van der Waals surface area contributed by atoms with Gasteiger partial charge in [0, 0.05) is 12.7 Å².